The number of allylic oxidation sites excluding steroid dienone is 2. The average molecular weight is 429 g/mol. The molecule has 0 N–H and O–H groups in total. The normalized spacial score (nSPS) is 34.8. The zero-order valence-electron chi connectivity index (χ0n) is 19.5. The highest BCUT2D eigenvalue weighted by Crippen LogP contribution is 2.43. The van der Waals surface area contributed by atoms with Crippen LogP contribution in [0.5, 0.6) is 0 Å². The van der Waals surface area contributed by atoms with E-state index in [0.717, 1.165) is 42.1 Å². The molecule has 0 aromatic heterocycles. The first-order chi connectivity index (χ1) is 15.1. The minimum absolute atomic E-state index is 0.391. The maximum Gasteiger partial charge on any atom is 0.159 e. The van der Waals surface area contributed by atoms with Crippen molar-refractivity contribution in [1.29, 1.82) is 0 Å². The van der Waals surface area contributed by atoms with Gasteiger partial charge in [0.15, 0.2) is 11.6 Å². The van der Waals surface area contributed by atoms with Gasteiger partial charge in [-0.2, -0.15) is 0 Å². The van der Waals surface area contributed by atoms with Crippen LogP contribution in [-0.2, 0) is 0 Å². The molecule has 2 heteroatoms. The minimum atomic E-state index is -0.737. The highest BCUT2D eigenvalue weighted by molar-refractivity contribution is 5.22. The summed E-state index contributed by atoms with van der Waals surface area (Å²) in [6.07, 6.45) is 24.0. The SMILES string of the molecule is CCC[C@H]1CC[C@H](C2CCC(/C=C/[C@H]3CC[C@H](c4ccc(F)c(F)c4)CC3)CC2)CC1. The van der Waals surface area contributed by atoms with Crippen molar-refractivity contribution in [2.24, 2.45) is 29.6 Å². The summed E-state index contributed by atoms with van der Waals surface area (Å²) in [4.78, 5) is 0. The standard InChI is InChI=1S/C29H42F2/c1-2-3-21-6-12-24(13-7-21)25-14-8-22(9-15-25)4-5-23-10-16-26(17-11-23)27-18-19-28(30)29(31)20-27/h4-5,18-26H,2-3,6-17H2,1H3/b5-4+/t21-,22?,23-,24-,25?,26-. The Bertz CT molecular complexity index is 699. The Morgan fingerprint density at radius 3 is 1.81 bits per heavy atom. The van der Waals surface area contributed by atoms with Crippen LogP contribution >= 0.6 is 0 Å². The molecular formula is C29H42F2. The summed E-state index contributed by atoms with van der Waals surface area (Å²) in [6, 6.07) is 4.46. The molecule has 0 radical (unpaired) electrons. The summed E-state index contributed by atoms with van der Waals surface area (Å²) in [5.41, 5.74) is 0.975. The third kappa shape index (κ3) is 6.20. The molecule has 1 aromatic carbocycles. The van der Waals surface area contributed by atoms with Gasteiger partial charge in [-0.3, -0.25) is 0 Å². The lowest BCUT2D eigenvalue weighted by Crippen LogP contribution is -2.25. The fourth-order valence-electron chi connectivity index (χ4n) is 6.89. The first kappa shape index (κ1) is 23.0. The lowest BCUT2D eigenvalue weighted by Gasteiger charge is -2.37. The molecule has 3 aliphatic rings. The predicted molar refractivity (Wildman–Crippen MR) is 126 cm³/mol. The fraction of sp³-hybridized carbons (Fsp3) is 0.724. The molecule has 3 aliphatic carbocycles. The van der Waals surface area contributed by atoms with Crippen LogP contribution in [0.15, 0.2) is 30.4 Å². The van der Waals surface area contributed by atoms with E-state index >= 15 is 0 Å². The van der Waals surface area contributed by atoms with Crippen molar-refractivity contribution in [2.45, 2.75) is 103 Å². The summed E-state index contributed by atoms with van der Waals surface area (Å²) >= 11 is 0. The predicted octanol–water partition coefficient (Wildman–Crippen LogP) is 9.21. The van der Waals surface area contributed by atoms with Crippen LogP contribution in [0.25, 0.3) is 0 Å². The van der Waals surface area contributed by atoms with E-state index in [0.29, 0.717) is 11.8 Å². The smallest absolute Gasteiger partial charge is 0.159 e. The molecule has 0 heterocycles. The van der Waals surface area contributed by atoms with Crippen LogP contribution in [0.4, 0.5) is 8.78 Å². The topological polar surface area (TPSA) is 0 Å². The second kappa shape index (κ2) is 11.1. The van der Waals surface area contributed by atoms with E-state index in [1.165, 1.54) is 89.2 Å². The maximum absolute atomic E-state index is 13.5. The van der Waals surface area contributed by atoms with Gasteiger partial charge in [0.25, 0.3) is 0 Å². The van der Waals surface area contributed by atoms with Gasteiger partial charge in [0.05, 0.1) is 0 Å². The maximum atomic E-state index is 13.5. The third-order valence-corrected chi connectivity index (χ3v) is 8.91. The second-order valence-corrected chi connectivity index (χ2v) is 10.9. The van der Waals surface area contributed by atoms with E-state index in [9.17, 15) is 8.78 Å². The Morgan fingerprint density at radius 2 is 1.26 bits per heavy atom. The van der Waals surface area contributed by atoms with Gasteiger partial charge >= 0.3 is 0 Å². The fourth-order valence-corrected chi connectivity index (χ4v) is 6.89. The number of rotatable bonds is 6. The molecule has 4 rings (SSSR count). The van der Waals surface area contributed by atoms with Gasteiger partial charge in [-0.25, -0.2) is 8.78 Å². The minimum Gasteiger partial charge on any atom is -0.204 e. The highest BCUT2D eigenvalue weighted by atomic mass is 19.2. The Balaban J connectivity index is 1.17. The molecule has 31 heavy (non-hydrogen) atoms. The highest BCUT2D eigenvalue weighted by Gasteiger charge is 2.30. The number of halogens is 2. The monoisotopic (exact) mass is 428 g/mol. The van der Waals surface area contributed by atoms with Crippen LogP contribution in [0.2, 0.25) is 0 Å². The average Bonchev–Trinajstić information content (AvgIpc) is 2.81. The zero-order chi connectivity index (χ0) is 21.6. The van der Waals surface area contributed by atoms with Crippen molar-refractivity contribution in [1.82, 2.24) is 0 Å². The van der Waals surface area contributed by atoms with E-state index in [-0.39, 0.29) is 0 Å². The summed E-state index contributed by atoms with van der Waals surface area (Å²) in [5.74, 6) is 3.46. The lowest BCUT2D eigenvalue weighted by molar-refractivity contribution is 0.152. The molecule has 0 atom stereocenters. The molecule has 0 amide bonds. The summed E-state index contributed by atoms with van der Waals surface area (Å²) in [6.45, 7) is 2.33. The van der Waals surface area contributed by atoms with Crippen LogP contribution in [0.1, 0.15) is 108 Å². The number of hydrogen-bond donors (Lipinski definition) is 0. The quantitative estimate of drug-likeness (QED) is 0.396. The molecule has 0 bridgehead atoms. The van der Waals surface area contributed by atoms with Gasteiger partial charge in [-0.05, 0) is 117 Å². The summed E-state index contributed by atoms with van der Waals surface area (Å²) in [7, 11) is 0. The summed E-state index contributed by atoms with van der Waals surface area (Å²) in [5, 5.41) is 0. The Kier molecular flexibility index (Phi) is 8.24. The van der Waals surface area contributed by atoms with Gasteiger partial charge in [0.1, 0.15) is 0 Å². The zero-order valence-corrected chi connectivity index (χ0v) is 19.5. The molecule has 0 unspecified atom stereocenters. The van der Waals surface area contributed by atoms with Crippen LogP contribution in [0.3, 0.4) is 0 Å². The van der Waals surface area contributed by atoms with Gasteiger partial charge in [0.2, 0.25) is 0 Å². The summed E-state index contributed by atoms with van der Waals surface area (Å²) < 4.78 is 26.7. The van der Waals surface area contributed by atoms with E-state index in [1.54, 1.807) is 6.07 Å². The van der Waals surface area contributed by atoms with Crippen molar-refractivity contribution < 1.29 is 8.78 Å². The van der Waals surface area contributed by atoms with Crippen LogP contribution in [-0.4, -0.2) is 0 Å². The Morgan fingerprint density at radius 1 is 0.710 bits per heavy atom. The van der Waals surface area contributed by atoms with Gasteiger partial charge in [-0.15, -0.1) is 0 Å². The molecule has 3 fully saturated rings. The lowest BCUT2D eigenvalue weighted by atomic mass is 9.68. The van der Waals surface area contributed by atoms with Crippen molar-refractivity contribution in [2.75, 3.05) is 0 Å². The van der Waals surface area contributed by atoms with Crippen molar-refractivity contribution in [3.8, 4) is 0 Å². The van der Waals surface area contributed by atoms with E-state index < -0.39 is 11.6 Å². The Labute approximate surface area is 188 Å². The molecule has 172 valence electrons. The van der Waals surface area contributed by atoms with Gasteiger partial charge in [-0.1, -0.05) is 50.8 Å². The molecule has 0 aliphatic heterocycles. The molecule has 0 spiro atoms. The van der Waals surface area contributed by atoms with E-state index in [2.05, 4.69) is 19.1 Å². The third-order valence-electron chi connectivity index (χ3n) is 8.91. The molecule has 3 saturated carbocycles. The van der Waals surface area contributed by atoms with E-state index in [4.69, 9.17) is 0 Å². The van der Waals surface area contributed by atoms with E-state index in [1.807, 2.05) is 0 Å². The first-order valence-electron chi connectivity index (χ1n) is 13.3. The molecule has 1 aromatic rings. The van der Waals surface area contributed by atoms with Crippen molar-refractivity contribution in [3.63, 3.8) is 0 Å². The number of benzene rings is 1. The first-order valence-corrected chi connectivity index (χ1v) is 13.3. The Hall–Kier alpha value is -1.18. The molecular weight excluding hydrogens is 386 g/mol. The second-order valence-electron chi connectivity index (χ2n) is 10.9. The van der Waals surface area contributed by atoms with Gasteiger partial charge in [0, 0.05) is 0 Å². The number of hydrogen-bond acceptors (Lipinski definition) is 0. The molecule has 0 nitrogen and oxygen atoms in total. The van der Waals surface area contributed by atoms with Crippen molar-refractivity contribution >= 4 is 0 Å². The largest absolute Gasteiger partial charge is 0.204 e. The molecule has 0 saturated heterocycles. The van der Waals surface area contributed by atoms with Gasteiger partial charge < -0.3 is 0 Å². The van der Waals surface area contributed by atoms with Crippen LogP contribution < -0.4 is 0 Å². The van der Waals surface area contributed by atoms with Crippen molar-refractivity contribution in [3.05, 3.63) is 47.5 Å². The van der Waals surface area contributed by atoms with Crippen LogP contribution in [0, 0.1) is 41.2 Å².